The lowest BCUT2D eigenvalue weighted by Gasteiger charge is -2.31. The van der Waals surface area contributed by atoms with Crippen LogP contribution in [0.1, 0.15) is 36.9 Å². The van der Waals surface area contributed by atoms with Crippen LogP contribution in [0.15, 0.2) is 42.5 Å². The van der Waals surface area contributed by atoms with E-state index in [1.165, 1.54) is 6.92 Å². The number of halogens is 2. The molecule has 1 N–H and O–H groups in total. The van der Waals surface area contributed by atoms with Gasteiger partial charge in [0.1, 0.15) is 0 Å². The SMILES string of the molecule is CC(=O)NC(CC(=O)N1CCCc2cc(Cl)ccc21)c1ccc(Cl)cc1. The first-order chi connectivity index (χ1) is 12.4. The second kappa shape index (κ2) is 8.11. The number of anilines is 1. The van der Waals surface area contributed by atoms with Gasteiger partial charge in [-0.3, -0.25) is 9.59 Å². The Morgan fingerprint density at radius 2 is 1.81 bits per heavy atom. The highest BCUT2D eigenvalue weighted by molar-refractivity contribution is 6.31. The van der Waals surface area contributed by atoms with E-state index in [4.69, 9.17) is 23.2 Å². The second-order valence-corrected chi connectivity index (χ2v) is 7.30. The molecule has 3 rings (SSSR count). The van der Waals surface area contributed by atoms with E-state index in [2.05, 4.69) is 5.32 Å². The highest BCUT2D eigenvalue weighted by Crippen LogP contribution is 2.31. The summed E-state index contributed by atoms with van der Waals surface area (Å²) in [5.74, 6) is -0.203. The standard InChI is InChI=1S/C20H20Cl2N2O2/c1-13(25)23-18(14-4-6-16(21)7-5-14)12-20(26)24-10-2-3-15-11-17(22)8-9-19(15)24/h4-9,11,18H,2-3,10,12H2,1H3,(H,23,25). The average molecular weight is 391 g/mol. The van der Waals surface area contributed by atoms with E-state index < -0.39 is 6.04 Å². The van der Waals surface area contributed by atoms with Gasteiger partial charge in [0.2, 0.25) is 11.8 Å². The van der Waals surface area contributed by atoms with Crippen LogP contribution in [0.2, 0.25) is 10.0 Å². The van der Waals surface area contributed by atoms with Crippen molar-refractivity contribution in [3.63, 3.8) is 0 Å². The fraction of sp³-hybridized carbons (Fsp3) is 0.300. The lowest BCUT2D eigenvalue weighted by Crippen LogP contribution is -2.38. The largest absolute Gasteiger partial charge is 0.349 e. The van der Waals surface area contributed by atoms with Gasteiger partial charge in [-0.25, -0.2) is 0 Å². The number of hydrogen-bond donors (Lipinski definition) is 1. The molecule has 0 bridgehead atoms. The van der Waals surface area contributed by atoms with Crippen molar-refractivity contribution in [3.05, 3.63) is 63.6 Å². The molecule has 0 aliphatic carbocycles. The van der Waals surface area contributed by atoms with Crippen LogP contribution in [0, 0.1) is 0 Å². The van der Waals surface area contributed by atoms with E-state index in [0.717, 1.165) is 29.7 Å². The van der Waals surface area contributed by atoms with Crippen molar-refractivity contribution >= 4 is 40.7 Å². The smallest absolute Gasteiger partial charge is 0.229 e. The zero-order valence-corrected chi connectivity index (χ0v) is 16.0. The molecule has 2 aromatic carbocycles. The predicted molar refractivity (Wildman–Crippen MR) is 105 cm³/mol. The summed E-state index contributed by atoms with van der Waals surface area (Å²) < 4.78 is 0. The number of nitrogens with zero attached hydrogens (tertiary/aromatic N) is 1. The normalized spacial score (nSPS) is 14.5. The Hall–Kier alpha value is -2.04. The van der Waals surface area contributed by atoms with Gasteiger partial charge in [0, 0.05) is 29.2 Å². The molecule has 0 saturated heterocycles. The molecule has 4 nitrogen and oxygen atoms in total. The fourth-order valence-corrected chi connectivity index (χ4v) is 3.62. The zero-order chi connectivity index (χ0) is 18.7. The number of amides is 2. The molecule has 0 aromatic heterocycles. The van der Waals surface area contributed by atoms with Gasteiger partial charge >= 0.3 is 0 Å². The van der Waals surface area contributed by atoms with Crippen LogP contribution in [0.4, 0.5) is 5.69 Å². The van der Waals surface area contributed by atoms with E-state index in [0.29, 0.717) is 16.6 Å². The number of carbonyl (C=O) groups excluding carboxylic acids is 2. The highest BCUT2D eigenvalue weighted by atomic mass is 35.5. The summed E-state index contributed by atoms with van der Waals surface area (Å²) in [6, 6.07) is 12.4. The topological polar surface area (TPSA) is 49.4 Å². The zero-order valence-electron chi connectivity index (χ0n) is 14.5. The monoisotopic (exact) mass is 390 g/mol. The van der Waals surface area contributed by atoms with E-state index in [1.54, 1.807) is 23.1 Å². The molecule has 2 amide bonds. The summed E-state index contributed by atoms with van der Waals surface area (Å²) in [4.78, 5) is 26.4. The minimum atomic E-state index is -0.394. The fourth-order valence-electron chi connectivity index (χ4n) is 3.30. The molecule has 1 aliphatic rings. The Bertz CT molecular complexity index is 821. The van der Waals surface area contributed by atoms with E-state index in [1.807, 2.05) is 24.3 Å². The van der Waals surface area contributed by atoms with E-state index >= 15 is 0 Å². The third kappa shape index (κ3) is 4.37. The summed E-state index contributed by atoms with van der Waals surface area (Å²) in [6.45, 7) is 2.12. The number of fused-ring (bicyclic) bond motifs is 1. The molecule has 0 radical (unpaired) electrons. The van der Waals surface area contributed by atoms with Crippen molar-refractivity contribution in [1.29, 1.82) is 0 Å². The third-order valence-corrected chi connectivity index (χ3v) is 4.98. The Labute approximate surface area is 163 Å². The first-order valence-corrected chi connectivity index (χ1v) is 9.31. The predicted octanol–water partition coefficient (Wildman–Crippen LogP) is 4.54. The minimum Gasteiger partial charge on any atom is -0.349 e. The quantitative estimate of drug-likeness (QED) is 0.832. The molecule has 0 saturated carbocycles. The van der Waals surface area contributed by atoms with Crippen LogP contribution in [0.25, 0.3) is 0 Å². The van der Waals surface area contributed by atoms with Crippen LogP contribution in [0.3, 0.4) is 0 Å². The second-order valence-electron chi connectivity index (χ2n) is 6.43. The molecule has 6 heteroatoms. The van der Waals surface area contributed by atoms with E-state index in [-0.39, 0.29) is 18.2 Å². The molecule has 1 atom stereocenters. The maximum Gasteiger partial charge on any atom is 0.229 e. The molecule has 0 spiro atoms. The molecular weight excluding hydrogens is 371 g/mol. The summed E-state index contributed by atoms with van der Waals surface area (Å²) in [5, 5.41) is 4.16. The first kappa shape index (κ1) is 18.7. The summed E-state index contributed by atoms with van der Waals surface area (Å²) in [5.41, 5.74) is 2.84. The highest BCUT2D eigenvalue weighted by Gasteiger charge is 2.26. The van der Waals surface area contributed by atoms with Crippen LogP contribution in [-0.2, 0) is 16.0 Å². The van der Waals surface area contributed by atoms with Gasteiger partial charge in [0.25, 0.3) is 0 Å². The van der Waals surface area contributed by atoms with Crippen molar-refractivity contribution in [2.75, 3.05) is 11.4 Å². The minimum absolute atomic E-state index is 0.0260. The lowest BCUT2D eigenvalue weighted by atomic mass is 9.99. The van der Waals surface area contributed by atoms with Crippen molar-refractivity contribution in [3.8, 4) is 0 Å². The van der Waals surface area contributed by atoms with Crippen LogP contribution in [-0.4, -0.2) is 18.4 Å². The van der Waals surface area contributed by atoms with Gasteiger partial charge < -0.3 is 10.2 Å². The number of nitrogens with one attached hydrogen (secondary N) is 1. The van der Waals surface area contributed by atoms with Crippen LogP contribution >= 0.6 is 23.2 Å². The summed E-state index contributed by atoms with van der Waals surface area (Å²) in [7, 11) is 0. The molecule has 0 fully saturated rings. The number of hydrogen-bond acceptors (Lipinski definition) is 2. The Morgan fingerprint density at radius 3 is 2.50 bits per heavy atom. The molecule has 2 aromatic rings. The van der Waals surface area contributed by atoms with Crippen molar-refractivity contribution in [1.82, 2.24) is 5.32 Å². The molecular formula is C20H20Cl2N2O2. The Kier molecular flexibility index (Phi) is 5.84. The van der Waals surface area contributed by atoms with Gasteiger partial charge in [-0.15, -0.1) is 0 Å². The first-order valence-electron chi connectivity index (χ1n) is 8.55. The summed E-state index contributed by atoms with van der Waals surface area (Å²) in [6.07, 6.45) is 1.99. The molecule has 1 unspecified atom stereocenters. The number of rotatable bonds is 4. The van der Waals surface area contributed by atoms with Crippen molar-refractivity contribution < 1.29 is 9.59 Å². The van der Waals surface area contributed by atoms with Gasteiger partial charge in [-0.2, -0.15) is 0 Å². The maximum absolute atomic E-state index is 13.0. The Morgan fingerprint density at radius 1 is 1.12 bits per heavy atom. The molecule has 1 heterocycles. The van der Waals surface area contributed by atoms with Gasteiger partial charge in [0.15, 0.2) is 0 Å². The number of benzene rings is 2. The number of aryl methyl sites for hydroxylation is 1. The van der Waals surface area contributed by atoms with E-state index in [9.17, 15) is 9.59 Å². The Balaban J connectivity index is 1.82. The number of carbonyl (C=O) groups is 2. The molecule has 1 aliphatic heterocycles. The molecule has 136 valence electrons. The van der Waals surface area contributed by atoms with Gasteiger partial charge in [-0.05, 0) is 54.3 Å². The van der Waals surface area contributed by atoms with Crippen molar-refractivity contribution in [2.24, 2.45) is 0 Å². The van der Waals surface area contributed by atoms with Crippen molar-refractivity contribution in [2.45, 2.75) is 32.2 Å². The van der Waals surface area contributed by atoms with Gasteiger partial charge in [0.05, 0.1) is 12.5 Å². The maximum atomic E-state index is 13.0. The molecule has 26 heavy (non-hydrogen) atoms. The average Bonchev–Trinajstić information content (AvgIpc) is 2.60. The van der Waals surface area contributed by atoms with Crippen LogP contribution < -0.4 is 10.2 Å². The van der Waals surface area contributed by atoms with Gasteiger partial charge in [-0.1, -0.05) is 35.3 Å². The third-order valence-electron chi connectivity index (χ3n) is 4.49. The lowest BCUT2D eigenvalue weighted by molar-refractivity contribution is -0.121. The van der Waals surface area contributed by atoms with Crippen LogP contribution in [0.5, 0.6) is 0 Å². The summed E-state index contributed by atoms with van der Waals surface area (Å²) >= 11 is 12.0.